The molecular weight excluding hydrogens is 639 g/mol. The van der Waals surface area contributed by atoms with Crippen LogP contribution in [0.3, 0.4) is 0 Å². The van der Waals surface area contributed by atoms with Crippen molar-refractivity contribution in [1.29, 1.82) is 0 Å². The average Bonchev–Trinajstić information content (AvgIpc) is 3.51. The first-order valence-corrected chi connectivity index (χ1v) is 19.7. The maximum atomic E-state index is 2.54. The van der Waals surface area contributed by atoms with Crippen molar-refractivity contribution in [3.8, 4) is 44.5 Å². The lowest BCUT2D eigenvalue weighted by Gasteiger charge is -2.61. The van der Waals surface area contributed by atoms with E-state index in [0.29, 0.717) is 0 Å². The number of anilines is 3. The summed E-state index contributed by atoms with van der Waals surface area (Å²) in [5, 5.41) is 0. The molecule has 7 aromatic rings. The van der Waals surface area contributed by atoms with Gasteiger partial charge in [0.05, 0.1) is 0 Å². The van der Waals surface area contributed by atoms with E-state index in [9.17, 15) is 0 Å². The summed E-state index contributed by atoms with van der Waals surface area (Å²) in [6.45, 7) is 0. The Balaban J connectivity index is 1.00. The predicted molar refractivity (Wildman–Crippen MR) is 221 cm³/mol. The summed E-state index contributed by atoms with van der Waals surface area (Å²) in [6, 6.07) is 65.5. The Morgan fingerprint density at radius 2 is 0.736 bits per heavy atom. The number of hydrogen-bond acceptors (Lipinski definition) is 1. The van der Waals surface area contributed by atoms with Crippen molar-refractivity contribution >= 4 is 17.1 Å². The monoisotopic (exact) mass is 681 g/mol. The molecule has 5 aliphatic carbocycles. The highest BCUT2D eigenvalue weighted by atomic mass is 15.1. The third-order valence-corrected chi connectivity index (χ3v) is 13.5. The highest BCUT2D eigenvalue weighted by molar-refractivity contribution is 5.88. The van der Waals surface area contributed by atoms with Crippen LogP contribution in [-0.4, -0.2) is 0 Å². The van der Waals surface area contributed by atoms with E-state index < -0.39 is 0 Å². The molecule has 0 amide bonds. The zero-order chi connectivity index (χ0) is 34.9. The van der Waals surface area contributed by atoms with Crippen LogP contribution >= 0.6 is 0 Å². The van der Waals surface area contributed by atoms with Gasteiger partial charge in [0, 0.05) is 22.5 Å². The maximum Gasteiger partial charge on any atom is 0.0468 e. The molecule has 0 aliphatic heterocycles. The van der Waals surface area contributed by atoms with Gasteiger partial charge in [-0.2, -0.15) is 0 Å². The second kappa shape index (κ2) is 12.2. The standard InChI is InChI=1S/C52H43N/c1-3-9-37(10-4-1)39-15-17-40(18-16-39)42-21-25-46(26-22-42)53(45-23-19-41(20-24-45)38-11-5-2-6-12-38)47-27-28-51-49(34-47)48-13-7-8-14-50(48)52(51)43-30-35-29-36(32-43)33-44(52)31-35/h1-28,34-36,43-44H,29-33H2. The molecular formula is C52H43N. The Hall–Kier alpha value is -5.66. The van der Waals surface area contributed by atoms with Gasteiger partial charge in [0.15, 0.2) is 0 Å². The minimum absolute atomic E-state index is 0.178. The molecule has 5 aliphatic rings. The van der Waals surface area contributed by atoms with Gasteiger partial charge in [-0.05, 0) is 148 Å². The molecule has 4 fully saturated rings. The fraction of sp³-hybridized carbons (Fsp3) is 0.192. The quantitative estimate of drug-likeness (QED) is 0.169. The molecule has 53 heavy (non-hydrogen) atoms. The average molecular weight is 682 g/mol. The molecule has 0 aromatic heterocycles. The lowest BCUT2D eigenvalue weighted by molar-refractivity contribution is -0.0399. The van der Waals surface area contributed by atoms with Crippen LogP contribution in [0, 0.1) is 23.7 Å². The van der Waals surface area contributed by atoms with E-state index in [4.69, 9.17) is 0 Å². The summed E-state index contributed by atoms with van der Waals surface area (Å²) in [6.07, 6.45) is 7.10. The summed E-state index contributed by atoms with van der Waals surface area (Å²) in [7, 11) is 0. The molecule has 12 rings (SSSR count). The molecule has 4 bridgehead atoms. The van der Waals surface area contributed by atoms with Crippen LogP contribution in [0.15, 0.2) is 176 Å². The Morgan fingerprint density at radius 1 is 0.340 bits per heavy atom. The Morgan fingerprint density at radius 3 is 1.25 bits per heavy atom. The van der Waals surface area contributed by atoms with Gasteiger partial charge in [0.2, 0.25) is 0 Å². The number of hydrogen-bond donors (Lipinski definition) is 0. The Bertz CT molecular complexity index is 2400. The molecule has 1 spiro atoms. The van der Waals surface area contributed by atoms with Gasteiger partial charge in [-0.15, -0.1) is 0 Å². The Kier molecular flexibility index (Phi) is 7.12. The van der Waals surface area contributed by atoms with Crippen LogP contribution in [0.1, 0.15) is 43.2 Å². The third-order valence-electron chi connectivity index (χ3n) is 13.5. The van der Waals surface area contributed by atoms with Crippen LogP contribution in [0.2, 0.25) is 0 Å². The first kappa shape index (κ1) is 30.9. The van der Waals surface area contributed by atoms with Gasteiger partial charge in [-0.25, -0.2) is 0 Å². The zero-order valence-electron chi connectivity index (χ0n) is 30.0. The molecule has 0 unspecified atom stereocenters. The molecule has 0 radical (unpaired) electrons. The fourth-order valence-corrected chi connectivity index (χ4v) is 11.5. The lowest BCUT2D eigenvalue weighted by atomic mass is 9.43. The third kappa shape index (κ3) is 4.90. The number of rotatable bonds is 6. The summed E-state index contributed by atoms with van der Waals surface area (Å²) in [5.41, 5.74) is 17.3. The molecule has 256 valence electrons. The maximum absolute atomic E-state index is 2.54. The molecule has 4 saturated carbocycles. The highest BCUT2D eigenvalue weighted by Crippen LogP contribution is 2.69. The zero-order valence-corrected chi connectivity index (χ0v) is 30.0. The van der Waals surface area contributed by atoms with E-state index in [1.54, 1.807) is 11.1 Å². The van der Waals surface area contributed by atoms with E-state index in [2.05, 4.69) is 181 Å². The van der Waals surface area contributed by atoms with Gasteiger partial charge in [0.25, 0.3) is 0 Å². The smallest absolute Gasteiger partial charge is 0.0468 e. The van der Waals surface area contributed by atoms with Crippen molar-refractivity contribution in [3.05, 3.63) is 187 Å². The SMILES string of the molecule is c1ccc(-c2ccc(-c3ccc(N(c4ccc(-c5ccccc5)cc4)c4ccc5c(c4)-c4ccccc4C54C5CC6CC(C5)CC4C6)cc3)cc2)cc1. The fourth-order valence-electron chi connectivity index (χ4n) is 11.5. The summed E-state index contributed by atoms with van der Waals surface area (Å²) in [5.74, 6) is 3.42. The van der Waals surface area contributed by atoms with E-state index >= 15 is 0 Å². The summed E-state index contributed by atoms with van der Waals surface area (Å²) in [4.78, 5) is 2.46. The molecule has 0 heterocycles. The largest absolute Gasteiger partial charge is 0.310 e. The normalized spacial score (nSPS) is 23.2. The topological polar surface area (TPSA) is 3.24 Å². The van der Waals surface area contributed by atoms with Gasteiger partial charge in [-0.1, -0.05) is 140 Å². The number of nitrogens with zero attached hydrogens (tertiary/aromatic N) is 1. The van der Waals surface area contributed by atoms with E-state index in [1.165, 1.54) is 88.0 Å². The van der Waals surface area contributed by atoms with E-state index in [-0.39, 0.29) is 5.41 Å². The van der Waals surface area contributed by atoms with Gasteiger partial charge < -0.3 is 4.90 Å². The first-order valence-electron chi connectivity index (χ1n) is 19.7. The van der Waals surface area contributed by atoms with Crippen LogP contribution in [0.4, 0.5) is 17.1 Å². The molecule has 1 nitrogen and oxygen atoms in total. The predicted octanol–water partition coefficient (Wildman–Crippen LogP) is 13.9. The van der Waals surface area contributed by atoms with Crippen LogP contribution < -0.4 is 4.90 Å². The van der Waals surface area contributed by atoms with Crippen molar-refractivity contribution in [2.24, 2.45) is 23.7 Å². The molecule has 0 N–H and O–H groups in total. The second-order valence-electron chi connectivity index (χ2n) is 16.2. The van der Waals surface area contributed by atoms with Crippen LogP contribution in [0.5, 0.6) is 0 Å². The van der Waals surface area contributed by atoms with Gasteiger partial charge >= 0.3 is 0 Å². The molecule has 1 heteroatoms. The van der Waals surface area contributed by atoms with Crippen LogP contribution in [0.25, 0.3) is 44.5 Å². The molecule has 7 aromatic carbocycles. The minimum Gasteiger partial charge on any atom is -0.310 e. The number of fused-ring (bicyclic) bond motifs is 3. The molecule has 0 saturated heterocycles. The van der Waals surface area contributed by atoms with Gasteiger partial charge in [-0.3, -0.25) is 0 Å². The Labute approximate surface area is 313 Å². The minimum atomic E-state index is 0.178. The van der Waals surface area contributed by atoms with Crippen molar-refractivity contribution in [1.82, 2.24) is 0 Å². The van der Waals surface area contributed by atoms with E-state index in [0.717, 1.165) is 29.4 Å². The van der Waals surface area contributed by atoms with Crippen molar-refractivity contribution in [2.45, 2.75) is 37.5 Å². The summed E-state index contributed by atoms with van der Waals surface area (Å²) >= 11 is 0. The highest BCUT2D eigenvalue weighted by Gasteiger charge is 2.61. The second-order valence-corrected chi connectivity index (χ2v) is 16.2. The van der Waals surface area contributed by atoms with Crippen LogP contribution in [-0.2, 0) is 5.41 Å². The lowest BCUT2D eigenvalue weighted by Crippen LogP contribution is -2.55. The van der Waals surface area contributed by atoms with Crippen molar-refractivity contribution in [3.63, 3.8) is 0 Å². The first-order chi connectivity index (χ1) is 26.2. The van der Waals surface area contributed by atoms with Crippen molar-refractivity contribution < 1.29 is 0 Å². The number of benzene rings is 7. The van der Waals surface area contributed by atoms with Crippen molar-refractivity contribution in [2.75, 3.05) is 4.90 Å². The molecule has 0 atom stereocenters. The van der Waals surface area contributed by atoms with Gasteiger partial charge in [0.1, 0.15) is 0 Å². The van der Waals surface area contributed by atoms with E-state index in [1.807, 2.05) is 0 Å². The summed E-state index contributed by atoms with van der Waals surface area (Å²) < 4.78 is 0.